The summed E-state index contributed by atoms with van der Waals surface area (Å²) in [5.74, 6) is 1.46. The van der Waals surface area contributed by atoms with Gasteiger partial charge >= 0.3 is 0 Å². The van der Waals surface area contributed by atoms with E-state index in [1.807, 2.05) is 43.3 Å². The lowest BCUT2D eigenvalue weighted by Gasteiger charge is -2.13. The van der Waals surface area contributed by atoms with Gasteiger partial charge in [-0.2, -0.15) is 0 Å². The Kier molecular flexibility index (Phi) is 6.76. The third kappa shape index (κ3) is 4.67. The number of para-hydroxylation sites is 3. The minimum Gasteiger partial charge on any atom is -0.309 e. The Morgan fingerprint density at radius 2 is 1.16 bits per heavy atom. The summed E-state index contributed by atoms with van der Waals surface area (Å²) in [5.41, 5.74) is 10.2. The number of rotatable bonds is 6. The van der Waals surface area contributed by atoms with Crippen LogP contribution in [-0.4, -0.2) is 25.8 Å². The Morgan fingerprint density at radius 1 is 0.551 bits per heavy atom. The highest BCUT2D eigenvalue weighted by atomic mass is 15.1. The number of hydrogen-bond donors (Lipinski definition) is 0. The molecule has 49 heavy (non-hydrogen) atoms. The Bertz CT molecular complexity index is 2690. The average Bonchev–Trinajstić information content (AvgIpc) is 3.68. The summed E-state index contributed by atoms with van der Waals surface area (Å²) in [6.45, 7) is 5.84. The predicted molar refractivity (Wildman–Crippen MR) is 205 cm³/mol. The van der Waals surface area contributed by atoms with Crippen LogP contribution in [0.5, 0.6) is 0 Å². The highest BCUT2D eigenvalue weighted by molar-refractivity contribution is 6.12. The molecule has 0 saturated carbocycles. The highest BCUT2D eigenvalue weighted by Crippen LogP contribution is 2.38. The van der Waals surface area contributed by atoms with Crippen molar-refractivity contribution in [3.63, 3.8) is 0 Å². The zero-order chi connectivity index (χ0) is 32.9. The van der Waals surface area contributed by atoms with E-state index in [0.717, 1.165) is 61.4 Å². The predicted octanol–water partition coefficient (Wildman–Crippen LogP) is 11.4. The summed E-state index contributed by atoms with van der Waals surface area (Å²) >= 11 is 0. The molecule has 0 bridgehead atoms. The number of aliphatic imine (C=N–C) groups is 1. The average molecular weight is 630 g/mol. The SMILES string of the molecule is C=Nc1cc(-c2cc(-n3c4ccccc4c4cc(-n5c6ccccc6c6ccccc65)ccc43)nc(-c3ccccc3)n2)ccc1/C=C\C. The van der Waals surface area contributed by atoms with Crippen LogP contribution in [0, 0.1) is 0 Å². The van der Waals surface area contributed by atoms with Crippen LogP contribution in [0.25, 0.3) is 83.8 Å². The summed E-state index contributed by atoms with van der Waals surface area (Å²) in [4.78, 5) is 14.6. The van der Waals surface area contributed by atoms with Crippen molar-refractivity contribution >= 4 is 62.1 Å². The molecule has 0 aliphatic rings. The lowest BCUT2D eigenvalue weighted by molar-refractivity contribution is 1.05. The van der Waals surface area contributed by atoms with Crippen molar-refractivity contribution in [1.29, 1.82) is 0 Å². The molecule has 0 saturated heterocycles. The molecule has 232 valence electrons. The first kappa shape index (κ1) is 28.6. The van der Waals surface area contributed by atoms with Gasteiger partial charge in [0.2, 0.25) is 0 Å². The lowest BCUT2D eigenvalue weighted by atomic mass is 10.1. The molecule has 3 heterocycles. The van der Waals surface area contributed by atoms with Crippen molar-refractivity contribution < 1.29 is 0 Å². The van der Waals surface area contributed by atoms with E-state index in [1.54, 1.807) is 0 Å². The van der Waals surface area contributed by atoms with Gasteiger partial charge in [-0.15, -0.1) is 0 Å². The van der Waals surface area contributed by atoms with Crippen LogP contribution in [-0.2, 0) is 0 Å². The van der Waals surface area contributed by atoms with Gasteiger partial charge in [-0.1, -0.05) is 109 Å². The second-order valence-electron chi connectivity index (χ2n) is 12.2. The van der Waals surface area contributed by atoms with E-state index in [2.05, 4.69) is 142 Å². The van der Waals surface area contributed by atoms with E-state index in [-0.39, 0.29) is 0 Å². The topological polar surface area (TPSA) is 48.0 Å². The van der Waals surface area contributed by atoms with Gasteiger partial charge in [-0.05, 0) is 61.7 Å². The smallest absolute Gasteiger partial charge is 0.162 e. The van der Waals surface area contributed by atoms with Gasteiger partial charge in [0, 0.05) is 44.4 Å². The maximum absolute atomic E-state index is 5.22. The normalized spacial score (nSPS) is 11.8. The standard InChI is InChI=1S/C44H31N5/c1-3-13-29-22-23-31(26-37(29)45-2)38-28-43(47-44(46-38)30-14-5-4-6-15-30)49-41-21-12-9-18-35(41)36-27-32(24-25-42(36)49)48-39-19-10-7-16-33(39)34-17-8-11-20-40(34)48/h3-28H,2H2,1H3/b13-3-. The van der Waals surface area contributed by atoms with Crippen LogP contribution >= 0.6 is 0 Å². The first-order chi connectivity index (χ1) is 24.2. The van der Waals surface area contributed by atoms with Crippen LogP contribution in [0.2, 0.25) is 0 Å². The fraction of sp³-hybridized carbons (Fsp3) is 0.0227. The summed E-state index contributed by atoms with van der Waals surface area (Å²) < 4.78 is 4.63. The fourth-order valence-electron chi connectivity index (χ4n) is 7.12. The zero-order valence-electron chi connectivity index (χ0n) is 27.0. The van der Waals surface area contributed by atoms with Crippen LogP contribution in [0.1, 0.15) is 12.5 Å². The number of hydrogen-bond acceptors (Lipinski definition) is 3. The number of benzene rings is 6. The summed E-state index contributed by atoms with van der Waals surface area (Å²) in [5, 5.41) is 4.81. The lowest BCUT2D eigenvalue weighted by Crippen LogP contribution is -2.02. The number of allylic oxidation sites excluding steroid dienone is 1. The van der Waals surface area contributed by atoms with E-state index in [1.165, 1.54) is 21.8 Å². The van der Waals surface area contributed by atoms with Gasteiger partial charge in [0.1, 0.15) is 5.82 Å². The molecular formula is C44H31N5. The van der Waals surface area contributed by atoms with E-state index < -0.39 is 0 Å². The van der Waals surface area contributed by atoms with E-state index in [4.69, 9.17) is 9.97 Å². The third-order valence-corrected chi connectivity index (χ3v) is 9.31. The fourth-order valence-corrected chi connectivity index (χ4v) is 7.12. The molecule has 0 spiro atoms. The van der Waals surface area contributed by atoms with Gasteiger partial charge in [0.05, 0.1) is 33.4 Å². The molecule has 5 heteroatoms. The second kappa shape index (κ2) is 11.6. The molecule has 6 aromatic carbocycles. The number of nitrogens with zero attached hydrogens (tertiary/aromatic N) is 5. The molecule has 9 aromatic rings. The van der Waals surface area contributed by atoms with Crippen molar-refractivity contribution in [2.75, 3.05) is 0 Å². The molecule has 0 aliphatic heterocycles. The minimum absolute atomic E-state index is 0.659. The van der Waals surface area contributed by atoms with E-state index in [9.17, 15) is 0 Å². The van der Waals surface area contributed by atoms with Crippen molar-refractivity contribution in [2.24, 2.45) is 4.99 Å². The number of aromatic nitrogens is 4. The summed E-state index contributed by atoms with van der Waals surface area (Å²) in [7, 11) is 0. The minimum atomic E-state index is 0.659. The first-order valence-corrected chi connectivity index (χ1v) is 16.4. The third-order valence-electron chi connectivity index (χ3n) is 9.31. The largest absolute Gasteiger partial charge is 0.309 e. The second-order valence-corrected chi connectivity index (χ2v) is 12.2. The molecular weight excluding hydrogens is 599 g/mol. The van der Waals surface area contributed by atoms with Crippen molar-refractivity contribution in [3.05, 3.63) is 157 Å². The quantitative estimate of drug-likeness (QED) is 0.172. The van der Waals surface area contributed by atoms with Gasteiger partial charge in [0.15, 0.2) is 5.82 Å². The molecule has 0 atom stereocenters. The van der Waals surface area contributed by atoms with E-state index >= 15 is 0 Å². The highest BCUT2D eigenvalue weighted by Gasteiger charge is 2.19. The van der Waals surface area contributed by atoms with Gasteiger partial charge in [-0.3, -0.25) is 9.56 Å². The summed E-state index contributed by atoms with van der Waals surface area (Å²) in [6.07, 6.45) is 4.05. The summed E-state index contributed by atoms with van der Waals surface area (Å²) in [6, 6.07) is 51.1. The Morgan fingerprint density at radius 3 is 1.84 bits per heavy atom. The van der Waals surface area contributed by atoms with E-state index in [0.29, 0.717) is 5.82 Å². The monoisotopic (exact) mass is 629 g/mol. The molecule has 5 nitrogen and oxygen atoms in total. The van der Waals surface area contributed by atoms with Crippen LogP contribution in [0.4, 0.5) is 5.69 Å². The van der Waals surface area contributed by atoms with Gasteiger partial charge < -0.3 is 4.57 Å². The van der Waals surface area contributed by atoms with Gasteiger partial charge in [-0.25, -0.2) is 9.97 Å². The zero-order valence-corrected chi connectivity index (χ0v) is 27.0. The molecule has 0 amide bonds. The molecule has 9 rings (SSSR count). The first-order valence-electron chi connectivity index (χ1n) is 16.4. The molecule has 0 radical (unpaired) electrons. The van der Waals surface area contributed by atoms with Crippen LogP contribution < -0.4 is 0 Å². The van der Waals surface area contributed by atoms with Crippen molar-refractivity contribution in [1.82, 2.24) is 19.1 Å². The molecule has 0 unspecified atom stereocenters. The van der Waals surface area contributed by atoms with Gasteiger partial charge in [0.25, 0.3) is 0 Å². The van der Waals surface area contributed by atoms with Crippen LogP contribution in [0.15, 0.2) is 157 Å². The Labute approximate surface area is 283 Å². The Hall–Kier alpha value is -6.59. The van der Waals surface area contributed by atoms with Crippen molar-refractivity contribution in [2.45, 2.75) is 6.92 Å². The Balaban J connectivity index is 1.30. The molecule has 0 aliphatic carbocycles. The molecule has 0 fully saturated rings. The molecule has 3 aromatic heterocycles. The van der Waals surface area contributed by atoms with Crippen LogP contribution in [0.3, 0.4) is 0 Å². The number of fused-ring (bicyclic) bond motifs is 6. The maximum atomic E-state index is 5.22. The maximum Gasteiger partial charge on any atom is 0.162 e. The van der Waals surface area contributed by atoms with Crippen molar-refractivity contribution in [3.8, 4) is 34.2 Å². The molecule has 0 N–H and O–H groups in total.